The van der Waals surface area contributed by atoms with Crippen LogP contribution in [0, 0.1) is 21.4 Å². The maximum absolute atomic E-state index is 10.5. The molecular weight excluding hydrogens is 168 g/mol. The van der Waals surface area contributed by atoms with E-state index in [0.29, 0.717) is 5.56 Å². The Labute approximate surface area is 74.9 Å². The molecule has 1 aromatic carbocycles. The number of allylic oxidation sites excluding steroid dienone is 1. The van der Waals surface area contributed by atoms with Crippen LogP contribution in [0.5, 0.6) is 0 Å². The molecule has 4 heteroatoms. The van der Waals surface area contributed by atoms with E-state index in [9.17, 15) is 10.1 Å². The van der Waals surface area contributed by atoms with Gasteiger partial charge >= 0.3 is 0 Å². The molecule has 0 fully saturated rings. The molecule has 0 saturated heterocycles. The molecular formula is C9H6N2O2. The van der Waals surface area contributed by atoms with E-state index in [1.54, 1.807) is 24.3 Å². The van der Waals surface area contributed by atoms with Crippen LogP contribution in [-0.2, 0) is 0 Å². The van der Waals surface area contributed by atoms with Crippen molar-refractivity contribution in [2.45, 2.75) is 0 Å². The second-order valence-corrected chi connectivity index (χ2v) is 2.28. The average molecular weight is 174 g/mol. The Morgan fingerprint density at radius 3 is 2.77 bits per heavy atom. The van der Waals surface area contributed by atoms with Crippen LogP contribution in [0.1, 0.15) is 5.56 Å². The van der Waals surface area contributed by atoms with Crippen LogP contribution < -0.4 is 0 Å². The monoisotopic (exact) mass is 174 g/mol. The number of rotatable bonds is 2. The second kappa shape index (κ2) is 4.02. The molecule has 0 saturated carbocycles. The molecule has 64 valence electrons. The third-order valence-electron chi connectivity index (χ3n) is 1.47. The van der Waals surface area contributed by atoms with E-state index in [1.165, 1.54) is 18.2 Å². The van der Waals surface area contributed by atoms with E-state index >= 15 is 0 Å². The summed E-state index contributed by atoms with van der Waals surface area (Å²) in [6, 6.07) is 8.04. The molecule has 0 aromatic heterocycles. The van der Waals surface area contributed by atoms with Crippen molar-refractivity contribution in [1.82, 2.24) is 0 Å². The van der Waals surface area contributed by atoms with Crippen molar-refractivity contribution in [3.8, 4) is 6.07 Å². The number of nitro benzene ring substituents is 1. The Kier molecular flexibility index (Phi) is 2.77. The Balaban J connectivity index is 3.14. The Morgan fingerprint density at radius 1 is 1.46 bits per heavy atom. The zero-order valence-electron chi connectivity index (χ0n) is 6.68. The number of benzene rings is 1. The highest BCUT2D eigenvalue weighted by Gasteiger charge is 2.08. The largest absolute Gasteiger partial charge is 0.276 e. The smallest absolute Gasteiger partial charge is 0.258 e. The summed E-state index contributed by atoms with van der Waals surface area (Å²) in [6.45, 7) is 0. The average Bonchev–Trinajstić information content (AvgIpc) is 2.15. The van der Waals surface area contributed by atoms with E-state index in [1.807, 2.05) is 0 Å². The Bertz CT molecular complexity index is 391. The van der Waals surface area contributed by atoms with Gasteiger partial charge in [-0.1, -0.05) is 12.1 Å². The number of hydrogen-bond donors (Lipinski definition) is 0. The van der Waals surface area contributed by atoms with Gasteiger partial charge in [-0.2, -0.15) is 5.26 Å². The summed E-state index contributed by atoms with van der Waals surface area (Å²) in [6.07, 6.45) is 2.63. The molecule has 0 unspecified atom stereocenters. The summed E-state index contributed by atoms with van der Waals surface area (Å²) in [4.78, 5) is 10.00. The van der Waals surface area contributed by atoms with E-state index in [2.05, 4.69) is 0 Å². The number of nitrogens with zero attached hydrogens (tertiary/aromatic N) is 2. The molecule has 4 nitrogen and oxygen atoms in total. The fraction of sp³-hybridized carbons (Fsp3) is 0. The molecule has 0 aliphatic carbocycles. The SMILES string of the molecule is N#CC=Cc1ccccc1[N+](=O)[O-]. The van der Waals surface area contributed by atoms with Gasteiger partial charge in [-0.05, 0) is 12.1 Å². The quantitative estimate of drug-likeness (QED) is 0.392. The van der Waals surface area contributed by atoms with Gasteiger partial charge in [0.1, 0.15) is 0 Å². The molecule has 0 aliphatic rings. The van der Waals surface area contributed by atoms with Crippen molar-refractivity contribution in [3.05, 3.63) is 46.0 Å². The van der Waals surface area contributed by atoms with Gasteiger partial charge in [-0.15, -0.1) is 0 Å². The standard InChI is InChI=1S/C9H6N2O2/c10-7-3-5-8-4-1-2-6-9(8)11(12)13/h1-6H. The van der Waals surface area contributed by atoms with Gasteiger partial charge in [0.2, 0.25) is 0 Å². The van der Waals surface area contributed by atoms with Gasteiger partial charge < -0.3 is 0 Å². The van der Waals surface area contributed by atoms with Crippen LogP contribution in [0.15, 0.2) is 30.3 Å². The lowest BCUT2D eigenvalue weighted by Gasteiger charge is -1.94. The third-order valence-corrected chi connectivity index (χ3v) is 1.47. The van der Waals surface area contributed by atoms with E-state index in [4.69, 9.17) is 5.26 Å². The topological polar surface area (TPSA) is 66.9 Å². The minimum absolute atomic E-state index is 0.00833. The zero-order chi connectivity index (χ0) is 9.68. The molecule has 1 aromatic rings. The highest BCUT2D eigenvalue weighted by molar-refractivity contribution is 5.61. The molecule has 0 aliphatic heterocycles. The van der Waals surface area contributed by atoms with Crippen molar-refractivity contribution >= 4 is 11.8 Å². The van der Waals surface area contributed by atoms with Crippen molar-refractivity contribution in [2.75, 3.05) is 0 Å². The number of para-hydroxylation sites is 1. The zero-order valence-corrected chi connectivity index (χ0v) is 6.68. The first-order valence-electron chi connectivity index (χ1n) is 3.55. The molecule has 0 atom stereocenters. The van der Waals surface area contributed by atoms with Crippen LogP contribution in [0.4, 0.5) is 5.69 Å². The maximum Gasteiger partial charge on any atom is 0.276 e. The van der Waals surface area contributed by atoms with Crippen LogP contribution in [0.3, 0.4) is 0 Å². The predicted molar refractivity (Wildman–Crippen MR) is 47.7 cm³/mol. The van der Waals surface area contributed by atoms with E-state index < -0.39 is 4.92 Å². The Hall–Kier alpha value is -2.15. The fourth-order valence-corrected chi connectivity index (χ4v) is 0.922. The summed E-state index contributed by atoms with van der Waals surface area (Å²) in [5.41, 5.74) is 0.447. The summed E-state index contributed by atoms with van der Waals surface area (Å²) in [5, 5.41) is 18.7. The minimum Gasteiger partial charge on any atom is -0.258 e. The van der Waals surface area contributed by atoms with Crippen molar-refractivity contribution in [2.24, 2.45) is 0 Å². The predicted octanol–water partition coefficient (Wildman–Crippen LogP) is 2.13. The molecule has 1 rings (SSSR count). The lowest BCUT2D eigenvalue weighted by molar-refractivity contribution is -0.385. The lowest BCUT2D eigenvalue weighted by atomic mass is 10.2. The molecule has 0 amide bonds. The summed E-state index contributed by atoms with van der Waals surface area (Å²) in [5.74, 6) is 0. The van der Waals surface area contributed by atoms with Gasteiger partial charge in [-0.3, -0.25) is 10.1 Å². The minimum atomic E-state index is -0.475. The molecule has 13 heavy (non-hydrogen) atoms. The number of hydrogen-bond acceptors (Lipinski definition) is 3. The van der Waals surface area contributed by atoms with Crippen LogP contribution >= 0.6 is 0 Å². The Morgan fingerprint density at radius 2 is 2.15 bits per heavy atom. The highest BCUT2D eigenvalue weighted by atomic mass is 16.6. The van der Waals surface area contributed by atoms with Crippen LogP contribution in [-0.4, -0.2) is 4.92 Å². The highest BCUT2D eigenvalue weighted by Crippen LogP contribution is 2.18. The maximum atomic E-state index is 10.5. The van der Waals surface area contributed by atoms with E-state index in [0.717, 1.165) is 0 Å². The van der Waals surface area contributed by atoms with Crippen molar-refractivity contribution in [3.63, 3.8) is 0 Å². The van der Waals surface area contributed by atoms with Crippen molar-refractivity contribution < 1.29 is 4.92 Å². The van der Waals surface area contributed by atoms with Crippen LogP contribution in [0.2, 0.25) is 0 Å². The van der Waals surface area contributed by atoms with E-state index in [-0.39, 0.29) is 5.69 Å². The molecule has 0 heterocycles. The van der Waals surface area contributed by atoms with Crippen LogP contribution in [0.25, 0.3) is 6.08 Å². The summed E-state index contributed by atoms with van der Waals surface area (Å²) in [7, 11) is 0. The normalized spacial score (nSPS) is 9.77. The first-order chi connectivity index (χ1) is 6.25. The summed E-state index contributed by atoms with van der Waals surface area (Å²) < 4.78 is 0. The van der Waals surface area contributed by atoms with Gasteiger partial charge in [-0.25, -0.2) is 0 Å². The molecule has 0 spiro atoms. The number of nitro groups is 1. The first kappa shape index (κ1) is 8.94. The summed E-state index contributed by atoms with van der Waals surface area (Å²) >= 11 is 0. The van der Waals surface area contributed by atoms with Gasteiger partial charge in [0.15, 0.2) is 0 Å². The third kappa shape index (κ3) is 2.14. The number of nitriles is 1. The van der Waals surface area contributed by atoms with Crippen molar-refractivity contribution in [1.29, 1.82) is 5.26 Å². The molecule has 0 N–H and O–H groups in total. The van der Waals surface area contributed by atoms with Gasteiger partial charge in [0, 0.05) is 12.1 Å². The second-order valence-electron chi connectivity index (χ2n) is 2.28. The fourth-order valence-electron chi connectivity index (χ4n) is 0.922. The first-order valence-corrected chi connectivity index (χ1v) is 3.55. The van der Waals surface area contributed by atoms with Gasteiger partial charge in [0.05, 0.1) is 16.6 Å². The molecule has 0 bridgehead atoms. The lowest BCUT2D eigenvalue weighted by Crippen LogP contribution is -1.90. The van der Waals surface area contributed by atoms with Gasteiger partial charge in [0.25, 0.3) is 5.69 Å². The molecule has 0 radical (unpaired) electrons.